The van der Waals surface area contributed by atoms with Crippen molar-refractivity contribution in [2.75, 3.05) is 17.4 Å². The molecule has 7 nitrogen and oxygen atoms in total. The van der Waals surface area contributed by atoms with E-state index >= 15 is 0 Å². The van der Waals surface area contributed by atoms with Crippen LogP contribution in [0.15, 0.2) is 83.8 Å². The number of nitrogens with zero attached hydrogens (tertiary/aromatic N) is 2. The Morgan fingerprint density at radius 3 is 2.15 bits per heavy atom. The Balaban J connectivity index is 2.00. The van der Waals surface area contributed by atoms with Crippen LogP contribution in [0.5, 0.6) is 0 Å². The maximum Gasteiger partial charge on any atom is 0.264 e. The van der Waals surface area contributed by atoms with E-state index in [-0.39, 0.29) is 39.1 Å². The predicted molar refractivity (Wildman–Crippen MR) is 157 cm³/mol. The van der Waals surface area contributed by atoms with Crippen molar-refractivity contribution in [3.8, 4) is 0 Å². The molecule has 0 saturated heterocycles. The van der Waals surface area contributed by atoms with Crippen LogP contribution in [0, 0.1) is 0 Å². The molecule has 2 atom stereocenters. The Morgan fingerprint density at radius 2 is 1.54 bits per heavy atom. The van der Waals surface area contributed by atoms with Crippen molar-refractivity contribution >= 4 is 50.7 Å². The summed E-state index contributed by atoms with van der Waals surface area (Å²) in [5.41, 5.74) is 1.05. The summed E-state index contributed by atoms with van der Waals surface area (Å²) in [5, 5.41) is 3.29. The number of benzene rings is 3. The maximum absolute atomic E-state index is 13.9. The Bertz CT molecular complexity index is 1370. The molecule has 10 heteroatoms. The highest BCUT2D eigenvalue weighted by atomic mass is 35.5. The number of halogens is 2. The number of hydrogen-bond donors (Lipinski definition) is 1. The first-order valence-corrected chi connectivity index (χ1v) is 14.9. The lowest BCUT2D eigenvalue weighted by Gasteiger charge is -2.32. The number of carbonyl (C=O) groups is 2. The van der Waals surface area contributed by atoms with Crippen LogP contribution in [0.1, 0.15) is 32.8 Å². The second kappa shape index (κ2) is 13.8. The third kappa shape index (κ3) is 7.97. The fourth-order valence-corrected chi connectivity index (χ4v) is 5.83. The molecule has 3 rings (SSSR count). The summed E-state index contributed by atoms with van der Waals surface area (Å²) in [6.45, 7) is 5.11. The van der Waals surface area contributed by atoms with Gasteiger partial charge in [-0.05, 0) is 62.6 Å². The summed E-state index contributed by atoms with van der Waals surface area (Å²) in [5.74, 6) is -0.864. The molecule has 1 N–H and O–H groups in total. The molecule has 0 aliphatic carbocycles. The highest BCUT2D eigenvalue weighted by Gasteiger charge is 2.33. The van der Waals surface area contributed by atoms with Crippen LogP contribution in [0.3, 0.4) is 0 Å². The summed E-state index contributed by atoms with van der Waals surface area (Å²) in [6.07, 6.45) is 1.21. The highest BCUT2D eigenvalue weighted by Crippen LogP contribution is 2.33. The zero-order chi connectivity index (χ0) is 28.6. The minimum Gasteiger partial charge on any atom is -0.352 e. The van der Waals surface area contributed by atoms with Crippen molar-refractivity contribution in [1.29, 1.82) is 0 Å². The van der Waals surface area contributed by atoms with Gasteiger partial charge >= 0.3 is 0 Å². The fraction of sp³-hybridized carbons (Fsp3) is 0.310. The van der Waals surface area contributed by atoms with Gasteiger partial charge in [0.2, 0.25) is 11.8 Å². The zero-order valence-corrected chi connectivity index (χ0v) is 24.5. The molecule has 0 heterocycles. The van der Waals surface area contributed by atoms with Crippen LogP contribution in [0.25, 0.3) is 0 Å². The van der Waals surface area contributed by atoms with E-state index in [0.717, 1.165) is 16.3 Å². The minimum atomic E-state index is -4.22. The summed E-state index contributed by atoms with van der Waals surface area (Å²) in [6, 6.07) is 20.9. The fourth-order valence-electron chi connectivity index (χ4n) is 3.95. The Labute approximate surface area is 240 Å². The summed E-state index contributed by atoms with van der Waals surface area (Å²) in [7, 11) is -4.22. The van der Waals surface area contributed by atoms with Gasteiger partial charge in [-0.3, -0.25) is 13.9 Å². The molecule has 0 spiro atoms. The topological polar surface area (TPSA) is 86.8 Å². The van der Waals surface area contributed by atoms with E-state index in [4.69, 9.17) is 23.2 Å². The number of anilines is 1. The molecule has 2 amide bonds. The van der Waals surface area contributed by atoms with Crippen LogP contribution in [0.2, 0.25) is 10.0 Å². The number of rotatable bonds is 12. The molecular weight excluding hydrogens is 557 g/mol. The number of nitrogens with one attached hydrogen (secondary N) is 1. The van der Waals surface area contributed by atoms with Crippen molar-refractivity contribution < 1.29 is 18.0 Å². The molecule has 0 radical (unpaired) electrons. The van der Waals surface area contributed by atoms with Gasteiger partial charge in [-0.25, -0.2) is 8.42 Å². The van der Waals surface area contributed by atoms with Gasteiger partial charge in [0.25, 0.3) is 10.0 Å². The molecule has 3 aromatic rings. The first-order chi connectivity index (χ1) is 18.5. The predicted octanol–water partition coefficient (Wildman–Crippen LogP) is 5.56. The Kier molecular flexibility index (Phi) is 10.8. The van der Waals surface area contributed by atoms with E-state index in [1.165, 1.54) is 35.2 Å². The van der Waals surface area contributed by atoms with Crippen LogP contribution < -0.4 is 9.62 Å². The summed E-state index contributed by atoms with van der Waals surface area (Å²) >= 11 is 12.6. The molecule has 208 valence electrons. The van der Waals surface area contributed by atoms with Crippen LogP contribution in [-0.4, -0.2) is 50.3 Å². The third-order valence-electron chi connectivity index (χ3n) is 6.44. The van der Waals surface area contributed by atoms with E-state index in [9.17, 15) is 18.0 Å². The molecule has 0 bridgehead atoms. The molecule has 0 aromatic heterocycles. The minimum absolute atomic E-state index is 0.00719. The van der Waals surface area contributed by atoms with Crippen molar-refractivity contribution in [1.82, 2.24) is 10.2 Å². The van der Waals surface area contributed by atoms with E-state index < -0.39 is 28.5 Å². The first-order valence-electron chi connectivity index (χ1n) is 12.7. The number of sulfonamides is 1. The zero-order valence-electron chi connectivity index (χ0n) is 22.2. The molecule has 3 aromatic carbocycles. The van der Waals surface area contributed by atoms with Crippen molar-refractivity contribution in [3.05, 3.63) is 94.5 Å². The van der Waals surface area contributed by atoms with Crippen LogP contribution >= 0.6 is 23.2 Å². The average Bonchev–Trinajstić information content (AvgIpc) is 2.94. The van der Waals surface area contributed by atoms with Crippen molar-refractivity contribution in [3.63, 3.8) is 0 Å². The summed E-state index contributed by atoms with van der Waals surface area (Å²) in [4.78, 5) is 28.4. The van der Waals surface area contributed by atoms with Gasteiger partial charge in [0, 0.05) is 17.6 Å². The van der Waals surface area contributed by atoms with Gasteiger partial charge < -0.3 is 10.2 Å². The maximum atomic E-state index is 13.9. The third-order valence-corrected chi connectivity index (χ3v) is 8.77. The first kappa shape index (κ1) is 30.5. The van der Waals surface area contributed by atoms with Gasteiger partial charge in [-0.1, -0.05) is 78.7 Å². The lowest BCUT2D eigenvalue weighted by molar-refractivity contribution is -0.139. The second-order valence-corrected chi connectivity index (χ2v) is 11.9. The smallest absolute Gasteiger partial charge is 0.264 e. The van der Waals surface area contributed by atoms with Crippen molar-refractivity contribution in [2.45, 2.75) is 50.6 Å². The molecular formula is C29H33Cl2N3O4S. The lowest BCUT2D eigenvalue weighted by Crippen LogP contribution is -2.53. The molecule has 0 aliphatic rings. The highest BCUT2D eigenvalue weighted by molar-refractivity contribution is 7.92. The van der Waals surface area contributed by atoms with Gasteiger partial charge in [-0.2, -0.15) is 0 Å². The average molecular weight is 591 g/mol. The van der Waals surface area contributed by atoms with Gasteiger partial charge in [0.05, 0.1) is 15.6 Å². The number of hydrogen-bond acceptors (Lipinski definition) is 4. The molecule has 0 aliphatic heterocycles. The van der Waals surface area contributed by atoms with Gasteiger partial charge in [0.1, 0.15) is 12.6 Å². The number of carbonyl (C=O) groups excluding carboxylic acids is 2. The van der Waals surface area contributed by atoms with E-state index in [0.29, 0.717) is 6.42 Å². The number of amides is 2. The lowest BCUT2D eigenvalue weighted by atomic mass is 10.1. The van der Waals surface area contributed by atoms with E-state index in [1.54, 1.807) is 25.1 Å². The normalized spacial score (nSPS) is 12.8. The molecule has 39 heavy (non-hydrogen) atoms. The van der Waals surface area contributed by atoms with E-state index in [2.05, 4.69) is 5.32 Å². The monoisotopic (exact) mass is 589 g/mol. The van der Waals surface area contributed by atoms with Crippen LogP contribution in [-0.2, 0) is 26.0 Å². The largest absolute Gasteiger partial charge is 0.352 e. The summed E-state index contributed by atoms with van der Waals surface area (Å²) < 4.78 is 28.5. The molecule has 0 fully saturated rings. The Hall–Kier alpha value is -3.07. The van der Waals surface area contributed by atoms with E-state index in [1.807, 2.05) is 44.2 Å². The van der Waals surface area contributed by atoms with Crippen molar-refractivity contribution in [2.24, 2.45) is 0 Å². The molecule has 0 saturated carbocycles. The van der Waals surface area contributed by atoms with Gasteiger partial charge in [-0.15, -0.1) is 0 Å². The standard InChI is InChI=1S/C29H33Cl2N3O4S/c1-4-21(2)32-29(36)22(3)33(18-17-23-11-7-5-8-12-23)28(35)20-34(27-19-24(30)15-16-26(27)31)39(37,38)25-13-9-6-10-14-25/h5-16,19,21-22H,4,17-18,20H2,1-3H3,(H,32,36)/t21-,22-/m1/s1. The van der Waals surface area contributed by atoms with Gasteiger partial charge in [0.15, 0.2) is 0 Å². The second-order valence-electron chi connectivity index (χ2n) is 9.24. The SMILES string of the molecule is CC[C@@H](C)NC(=O)[C@@H](C)N(CCc1ccccc1)C(=O)CN(c1cc(Cl)ccc1Cl)S(=O)(=O)c1ccccc1. The quantitative estimate of drug-likeness (QED) is 0.299. The Morgan fingerprint density at radius 1 is 0.923 bits per heavy atom. The van der Waals surface area contributed by atoms with Crippen LogP contribution in [0.4, 0.5) is 5.69 Å². The molecule has 0 unspecified atom stereocenters.